The van der Waals surface area contributed by atoms with Crippen LogP contribution >= 0.6 is 0 Å². The van der Waals surface area contributed by atoms with Gasteiger partial charge >= 0.3 is 0 Å². The third-order valence-corrected chi connectivity index (χ3v) is 5.24. The Morgan fingerprint density at radius 1 is 0.943 bits per heavy atom. The first kappa shape index (κ1) is 27.9. The van der Waals surface area contributed by atoms with E-state index in [4.69, 9.17) is 14.3 Å². The van der Waals surface area contributed by atoms with Gasteiger partial charge in [-0.1, -0.05) is 31.9 Å². The van der Waals surface area contributed by atoms with Crippen molar-refractivity contribution in [1.29, 1.82) is 0 Å². The summed E-state index contributed by atoms with van der Waals surface area (Å²) in [6, 6.07) is 11.1. The van der Waals surface area contributed by atoms with Crippen LogP contribution in [-0.4, -0.2) is 39.2 Å². The molecule has 2 amide bonds. The van der Waals surface area contributed by atoms with Gasteiger partial charge in [0.2, 0.25) is 5.91 Å². The standard InChI is InChI=1S/C27H35FN2O5/c1-4-5-15-35-30-26(31)9-7-6-8-14-29-27(32)25(21-10-12-22(28)13-11-21)18-20-16-23(33-2)19-24(17-20)34-3/h10-13,16-19H,4-9,14-15H2,1-3H3,(H,29,32)(H,30,31)/b25-18-. The van der Waals surface area contributed by atoms with Crippen molar-refractivity contribution in [2.45, 2.75) is 45.4 Å². The molecule has 2 rings (SSSR count). The molecule has 190 valence electrons. The zero-order valence-electron chi connectivity index (χ0n) is 20.7. The molecule has 0 heterocycles. The van der Waals surface area contributed by atoms with Gasteiger partial charge in [-0.25, -0.2) is 9.87 Å². The molecule has 0 aliphatic rings. The number of hydrogen-bond acceptors (Lipinski definition) is 5. The van der Waals surface area contributed by atoms with Crippen LogP contribution in [0.4, 0.5) is 4.39 Å². The zero-order valence-corrected chi connectivity index (χ0v) is 20.7. The molecule has 0 saturated carbocycles. The molecule has 0 unspecified atom stereocenters. The van der Waals surface area contributed by atoms with Gasteiger partial charge in [-0.15, -0.1) is 0 Å². The molecular weight excluding hydrogens is 451 g/mol. The predicted octanol–water partition coefficient (Wildman–Crippen LogP) is 4.91. The van der Waals surface area contributed by atoms with Crippen molar-refractivity contribution in [3.05, 3.63) is 59.4 Å². The lowest BCUT2D eigenvalue weighted by Crippen LogP contribution is -2.26. The fourth-order valence-corrected chi connectivity index (χ4v) is 3.27. The number of unbranched alkanes of at least 4 members (excludes halogenated alkanes) is 3. The molecule has 2 aromatic carbocycles. The monoisotopic (exact) mass is 486 g/mol. The molecule has 0 aliphatic heterocycles. The zero-order chi connectivity index (χ0) is 25.5. The minimum atomic E-state index is -0.378. The van der Waals surface area contributed by atoms with Crippen LogP contribution < -0.4 is 20.3 Å². The second-order valence-corrected chi connectivity index (χ2v) is 8.00. The van der Waals surface area contributed by atoms with Crippen molar-refractivity contribution in [2.75, 3.05) is 27.4 Å². The Bertz CT molecular complexity index is 954. The number of carbonyl (C=O) groups is 2. The highest BCUT2D eigenvalue weighted by molar-refractivity contribution is 6.24. The summed E-state index contributed by atoms with van der Waals surface area (Å²) in [6.45, 7) is 3.02. The van der Waals surface area contributed by atoms with E-state index in [1.165, 1.54) is 12.1 Å². The summed E-state index contributed by atoms with van der Waals surface area (Å²) in [7, 11) is 3.11. The van der Waals surface area contributed by atoms with Crippen molar-refractivity contribution in [1.82, 2.24) is 10.8 Å². The van der Waals surface area contributed by atoms with E-state index in [-0.39, 0.29) is 17.6 Å². The van der Waals surface area contributed by atoms with Crippen molar-refractivity contribution in [2.24, 2.45) is 0 Å². The summed E-state index contributed by atoms with van der Waals surface area (Å²) in [5, 5.41) is 2.92. The van der Waals surface area contributed by atoms with Crippen LogP contribution in [0.5, 0.6) is 11.5 Å². The van der Waals surface area contributed by atoms with Crippen molar-refractivity contribution >= 4 is 23.5 Å². The van der Waals surface area contributed by atoms with Crippen LogP contribution in [0.2, 0.25) is 0 Å². The number of rotatable bonds is 15. The average Bonchev–Trinajstić information content (AvgIpc) is 2.87. The number of nitrogens with one attached hydrogen (secondary N) is 2. The van der Waals surface area contributed by atoms with Gasteiger partial charge in [-0.2, -0.15) is 0 Å². The molecular formula is C27H35FN2O5. The molecule has 2 N–H and O–H groups in total. The maximum atomic E-state index is 13.5. The molecule has 0 bridgehead atoms. The highest BCUT2D eigenvalue weighted by Gasteiger charge is 2.13. The van der Waals surface area contributed by atoms with Crippen molar-refractivity contribution in [3.63, 3.8) is 0 Å². The van der Waals surface area contributed by atoms with Gasteiger partial charge in [0.05, 0.1) is 20.8 Å². The Labute approximate surface area is 206 Å². The Morgan fingerprint density at radius 3 is 2.26 bits per heavy atom. The summed E-state index contributed by atoms with van der Waals surface area (Å²) >= 11 is 0. The molecule has 0 aliphatic carbocycles. The molecule has 0 radical (unpaired) electrons. The average molecular weight is 487 g/mol. The maximum absolute atomic E-state index is 13.5. The van der Waals surface area contributed by atoms with Gasteiger partial charge < -0.3 is 14.8 Å². The molecule has 2 aromatic rings. The van der Waals surface area contributed by atoms with Gasteiger partial charge in [-0.3, -0.25) is 14.4 Å². The highest BCUT2D eigenvalue weighted by Crippen LogP contribution is 2.26. The predicted molar refractivity (Wildman–Crippen MR) is 134 cm³/mol. The summed E-state index contributed by atoms with van der Waals surface area (Å²) in [4.78, 5) is 29.9. The Morgan fingerprint density at radius 2 is 1.63 bits per heavy atom. The first-order chi connectivity index (χ1) is 17.0. The largest absolute Gasteiger partial charge is 0.497 e. The highest BCUT2D eigenvalue weighted by atomic mass is 19.1. The molecule has 0 spiro atoms. The van der Waals surface area contributed by atoms with E-state index in [0.29, 0.717) is 54.2 Å². The first-order valence-corrected chi connectivity index (χ1v) is 11.9. The van der Waals surface area contributed by atoms with Crippen molar-refractivity contribution < 1.29 is 28.3 Å². The fraction of sp³-hybridized carbons (Fsp3) is 0.407. The quantitative estimate of drug-likeness (QED) is 0.162. The number of hydroxylamine groups is 1. The topological polar surface area (TPSA) is 85.9 Å². The van der Waals surface area contributed by atoms with Crippen LogP contribution in [-0.2, 0) is 14.4 Å². The smallest absolute Gasteiger partial charge is 0.251 e. The van der Waals surface area contributed by atoms with Crippen LogP contribution in [0.1, 0.15) is 56.6 Å². The minimum absolute atomic E-state index is 0.139. The third kappa shape index (κ3) is 10.2. The summed E-state index contributed by atoms with van der Waals surface area (Å²) in [5.74, 6) is 0.390. The van der Waals surface area contributed by atoms with E-state index in [1.54, 1.807) is 50.6 Å². The lowest BCUT2D eigenvalue weighted by Gasteiger charge is -2.11. The number of methoxy groups -OCH3 is 2. The molecule has 0 aromatic heterocycles. The Balaban J connectivity index is 1.96. The number of amides is 2. The molecule has 7 nitrogen and oxygen atoms in total. The Hall–Kier alpha value is -3.39. The molecule has 0 saturated heterocycles. The summed E-state index contributed by atoms with van der Waals surface area (Å²) in [5.41, 5.74) is 4.13. The SMILES string of the molecule is CCCCONC(=O)CCCCCNC(=O)/C(=C\c1cc(OC)cc(OC)c1)c1ccc(F)cc1. The molecule has 8 heteroatoms. The summed E-state index contributed by atoms with van der Waals surface area (Å²) in [6.07, 6.45) is 6.20. The molecule has 0 fully saturated rings. The fourth-order valence-electron chi connectivity index (χ4n) is 3.27. The van der Waals surface area contributed by atoms with Crippen LogP contribution in [0.15, 0.2) is 42.5 Å². The van der Waals surface area contributed by atoms with Crippen LogP contribution in [0.25, 0.3) is 11.6 Å². The van der Waals surface area contributed by atoms with Gasteiger partial charge in [0, 0.05) is 24.6 Å². The van der Waals surface area contributed by atoms with E-state index < -0.39 is 0 Å². The van der Waals surface area contributed by atoms with E-state index in [2.05, 4.69) is 17.7 Å². The van der Waals surface area contributed by atoms with Gasteiger partial charge in [0.15, 0.2) is 0 Å². The van der Waals surface area contributed by atoms with Crippen LogP contribution in [0.3, 0.4) is 0 Å². The van der Waals surface area contributed by atoms with E-state index >= 15 is 0 Å². The van der Waals surface area contributed by atoms with Gasteiger partial charge in [-0.05, 0) is 60.7 Å². The normalized spacial score (nSPS) is 11.1. The van der Waals surface area contributed by atoms with E-state index in [0.717, 1.165) is 25.7 Å². The number of halogens is 1. The number of benzene rings is 2. The number of carbonyl (C=O) groups excluding carboxylic acids is 2. The third-order valence-electron chi connectivity index (χ3n) is 5.24. The Kier molecular flexibility index (Phi) is 12.3. The molecule has 35 heavy (non-hydrogen) atoms. The first-order valence-electron chi connectivity index (χ1n) is 11.9. The second kappa shape index (κ2) is 15.5. The minimum Gasteiger partial charge on any atom is -0.497 e. The number of ether oxygens (including phenoxy) is 2. The van der Waals surface area contributed by atoms with Gasteiger partial charge in [0.1, 0.15) is 17.3 Å². The van der Waals surface area contributed by atoms with Crippen molar-refractivity contribution in [3.8, 4) is 11.5 Å². The van der Waals surface area contributed by atoms with E-state index in [1.807, 2.05) is 0 Å². The van der Waals surface area contributed by atoms with E-state index in [9.17, 15) is 14.0 Å². The lowest BCUT2D eigenvalue weighted by molar-refractivity contribution is -0.133. The lowest BCUT2D eigenvalue weighted by atomic mass is 10.0. The number of hydrogen-bond donors (Lipinski definition) is 2. The van der Waals surface area contributed by atoms with Gasteiger partial charge in [0.25, 0.3) is 5.91 Å². The summed E-state index contributed by atoms with van der Waals surface area (Å²) < 4.78 is 24.1. The second-order valence-electron chi connectivity index (χ2n) is 8.00. The van der Waals surface area contributed by atoms with Crippen LogP contribution in [0, 0.1) is 5.82 Å². The molecule has 0 atom stereocenters. The maximum Gasteiger partial charge on any atom is 0.251 e.